The lowest BCUT2D eigenvalue weighted by atomic mass is 9.77. The fourth-order valence-corrected chi connectivity index (χ4v) is 2.28. The van der Waals surface area contributed by atoms with E-state index in [-0.39, 0.29) is 5.60 Å². The van der Waals surface area contributed by atoms with Crippen LogP contribution in [0.4, 0.5) is 0 Å². The highest BCUT2D eigenvalue weighted by Crippen LogP contribution is 2.37. The van der Waals surface area contributed by atoms with Crippen molar-refractivity contribution in [1.29, 1.82) is 0 Å². The topological polar surface area (TPSA) is 90.1 Å². The molecule has 0 radical (unpaired) electrons. The first kappa shape index (κ1) is 13.9. The number of hydrogen-bond acceptors (Lipinski definition) is 5. The smallest absolute Gasteiger partial charge is 0.306 e. The van der Waals surface area contributed by atoms with E-state index in [1.54, 1.807) is 18.7 Å². The molecule has 0 aromatic carbocycles. The van der Waals surface area contributed by atoms with E-state index in [0.717, 1.165) is 18.7 Å². The number of hydrogen-bond donors (Lipinski definition) is 1. The molecule has 2 rings (SSSR count). The van der Waals surface area contributed by atoms with Gasteiger partial charge < -0.3 is 9.84 Å². The molecule has 1 unspecified atom stereocenters. The Bertz CT molecular complexity index is 436. The monoisotopic (exact) mass is 268 g/mol. The van der Waals surface area contributed by atoms with E-state index in [4.69, 9.17) is 9.84 Å². The van der Waals surface area contributed by atoms with E-state index in [9.17, 15) is 4.79 Å². The number of carboxylic acid groups (broad SMARTS) is 1. The fraction of sp³-hybridized carbons (Fsp3) is 0.833. The zero-order chi connectivity index (χ0) is 13.9. The molecular formula is C12H20N4O3. The molecular weight excluding hydrogens is 248 g/mol. The molecule has 1 heterocycles. The zero-order valence-corrected chi connectivity index (χ0v) is 11.4. The maximum atomic E-state index is 10.8. The Kier molecular flexibility index (Phi) is 4.14. The van der Waals surface area contributed by atoms with Crippen LogP contribution in [0.25, 0.3) is 0 Å². The highest BCUT2D eigenvalue weighted by atomic mass is 16.5. The highest BCUT2D eigenvalue weighted by Gasteiger charge is 2.38. The van der Waals surface area contributed by atoms with E-state index in [1.807, 2.05) is 0 Å². The molecule has 0 spiro atoms. The van der Waals surface area contributed by atoms with E-state index >= 15 is 0 Å². The van der Waals surface area contributed by atoms with Crippen molar-refractivity contribution in [3.63, 3.8) is 0 Å². The van der Waals surface area contributed by atoms with Gasteiger partial charge in [0.1, 0.15) is 0 Å². The van der Waals surface area contributed by atoms with Gasteiger partial charge in [-0.05, 0) is 36.1 Å². The van der Waals surface area contributed by atoms with Crippen LogP contribution < -0.4 is 0 Å². The van der Waals surface area contributed by atoms with Crippen LogP contribution in [-0.2, 0) is 22.5 Å². The molecule has 1 fully saturated rings. The van der Waals surface area contributed by atoms with Crippen molar-refractivity contribution in [2.75, 3.05) is 7.11 Å². The summed E-state index contributed by atoms with van der Waals surface area (Å²) in [4.78, 5) is 10.8. The average molecular weight is 268 g/mol. The lowest BCUT2D eigenvalue weighted by molar-refractivity contribution is -0.141. The molecule has 7 nitrogen and oxygen atoms in total. The number of ether oxygens (including phenoxy) is 1. The Morgan fingerprint density at radius 3 is 2.84 bits per heavy atom. The Labute approximate surface area is 111 Å². The largest absolute Gasteiger partial charge is 0.481 e. The van der Waals surface area contributed by atoms with Crippen LogP contribution in [0.15, 0.2) is 0 Å². The Hall–Kier alpha value is -1.50. The summed E-state index contributed by atoms with van der Waals surface area (Å²) in [7, 11) is 1.72. The molecule has 1 aliphatic carbocycles. The Morgan fingerprint density at radius 1 is 1.58 bits per heavy atom. The van der Waals surface area contributed by atoms with Gasteiger partial charge in [0.25, 0.3) is 0 Å². The lowest BCUT2D eigenvalue weighted by Gasteiger charge is -2.40. The van der Waals surface area contributed by atoms with E-state index < -0.39 is 11.9 Å². The summed E-state index contributed by atoms with van der Waals surface area (Å²) in [6.07, 6.45) is 4.44. The normalized spacial score (nSPS) is 18.8. The number of aliphatic carboxylic acids is 1. The SMILES string of the molecule is COC1(Cc2nnnn2CCC(C)C(=O)O)CCC1. The quantitative estimate of drug-likeness (QED) is 0.790. The van der Waals surface area contributed by atoms with Gasteiger partial charge in [0.15, 0.2) is 5.82 Å². The first-order chi connectivity index (χ1) is 9.06. The molecule has 1 aromatic rings. The lowest BCUT2D eigenvalue weighted by Crippen LogP contribution is -2.42. The van der Waals surface area contributed by atoms with Gasteiger partial charge in [-0.15, -0.1) is 5.10 Å². The van der Waals surface area contributed by atoms with Crippen molar-refractivity contribution < 1.29 is 14.6 Å². The predicted molar refractivity (Wildman–Crippen MR) is 66.5 cm³/mol. The first-order valence-corrected chi connectivity index (χ1v) is 6.59. The maximum Gasteiger partial charge on any atom is 0.306 e. The molecule has 0 saturated heterocycles. The molecule has 106 valence electrons. The second kappa shape index (κ2) is 5.64. The van der Waals surface area contributed by atoms with Crippen molar-refractivity contribution in [1.82, 2.24) is 20.2 Å². The summed E-state index contributed by atoms with van der Waals surface area (Å²) in [5.74, 6) is -0.404. The summed E-state index contributed by atoms with van der Waals surface area (Å²) in [6, 6.07) is 0. The Morgan fingerprint density at radius 2 is 2.32 bits per heavy atom. The van der Waals surface area contributed by atoms with Crippen LogP contribution in [0.3, 0.4) is 0 Å². The summed E-state index contributed by atoms with van der Waals surface area (Å²) < 4.78 is 7.26. The summed E-state index contributed by atoms with van der Waals surface area (Å²) in [5, 5.41) is 20.5. The third-order valence-electron chi connectivity index (χ3n) is 3.98. The summed E-state index contributed by atoms with van der Waals surface area (Å²) in [6.45, 7) is 2.21. The number of tetrazole rings is 1. The van der Waals surface area contributed by atoms with Crippen LogP contribution in [0, 0.1) is 5.92 Å². The van der Waals surface area contributed by atoms with Crippen molar-refractivity contribution in [2.24, 2.45) is 5.92 Å². The van der Waals surface area contributed by atoms with Crippen LogP contribution in [0.2, 0.25) is 0 Å². The number of nitrogens with zero attached hydrogens (tertiary/aromatic N) is 4. The molecule has 7 heteroatoms. The van der Waals surface area contributed by atoms with E-state index in [2.05, 4.69) is 15.5 Å². The van der Waals surface area contributed by atoms with Gasteiger partial charge in [0.05, 0.1) is 11.5 Å². The molecule has 0 aliphatic heterocycles. The van der Waals surface area contributed by atoms with Gasteiger partial charge in [-0.2, -0.15) is 0 Å². The van der Waals surface area contributed by atoms with Crippen LogP contribution in [0.1, 0.15) is 38.4 Å². The second-order valence-electron chi connectivity index (χ2n) is 5.26. The van der Waals surface area contributed by atoms with Gasteiger partial charge in [0.2, 0.25) is 0 Å². The summed E-state index contributed by atoms with van der Waals surface area (Å²) >= 11 is 0. The molecule has 0 amide bonds. The minimum Gasteiger partial charge on any atom is -0.481 e. The molecule has 1 aromatic heterocycles. The van der Waals surface area contributed by atoms with Crippen molar-refractivity contribution in [2.45, 2.75) is 51.2 Å². The minimum atomic E-state index is -0.790. The van der Waals surface area contributed by atoms with Crippen LogP contribution in [0.5, 0.6) is 0 Å². The standard InChI is InChI=1S/C12H20N4O3/c1-9(11(17)18)4-7-16-10(13-14-15-16)8-12(19-2)5-3-6-12/h9H,3-8H2,1-2H3,(H,17,18). The number of aryl methyl sites for hydroxylation is 1. The summed E-state index contributed by atoms with van der Waals surface area (Å²) in [5.41, 5.74) is -0.120. The van der Waals surface area contributed by atoms with Crippen molar-refractivity contribution in [3.05, 3.63) is 5.82 Å². The molecule has 1 atom stereocenters. The van der Waals surface area contributed by atoms with Gasteiger partial charge >= 0.3 is 5.97 Å². The number of carboxylic acids is 1. The molecule has 1 aliphatic rings. The third kappa shape index (κ3) is 3.09. The fourth-order valence-electron chi connectivity index (χ4n) is 2.28. The molecule has 1 saturated carbocycles. The highest BCUT2D eigenvalue weighted by molar-refractivity contribution is 5.69. The number of carbonyl (C=O) groups is 1. The Balaban J connectivity index is 1.96. The zero-order valence-electron chi connectivity index (χ0n) is 11.4. The van der Waals surface area contributed by atoms with Gasteiger partial charge in [-0.1, -0.05) is 6.92 Å². The van der Waals surface area contributed by atoms with Gasteiger partial charge in [0, 0.05) is 20.1 Å². The predicted octanol–water partition coefficient (Wildman–Crippen LogP) is 0.895. The average Bonchev–Trinajstić information content (AvgIpc) is 2.77. The number of methoxy groups -OCH3 is 1. The van der Waals surface area contributed by atoms with Crippen molar-refractivity contribution in [3.8, 4) is 0 Å². The molecule has 1 N–H and O–H groups in total. The molecule has 19 heavy (non-hydrogen) atoms. The number of aromatic nitrogens is 4. The first-order valence-electron chi connectivity index (χ1n) is 6.59. The van der Waals surface area contributed by atoms with E-state index in [1.165, 1.54) is 6.42 Å². The maximum absolute atomic E-state index is 10.8. The van der Waals surface area contributed by atoms with E-state index in [0.29, 0.717) is 19.4 Å². The van der Waals surface area contributed by atoms with Gasteiger partial charge in [-0.3, -0.25) is 4.79 Å². The van der Waals surface area contributed by atoms with Crippen LogP contribution in [-0.4, -0.2) is 44.0 Å². The van der Waals surface area contributed by atoms with Crippen LogP contribution >= 0.6 is 0 Å². The second-order valence-corrected chi connectivity index (χ2v) is 5.26. The van der Waals surface area contributed by atoms with Crippen molar-refractivity contribution >= 4 is 5.97 Å². The molecule has 0 bridgehead atoms. The minimum absolute atomic E-state index is 0.120. The number of rotatable bonds is 7. The third-order valence-corrected chi connectivity index (χ3v) is 3.98. The van der Waals surface area contributed by atoms with Gasteiger partial charge in [-0.25, -0.2) is 4.68 Å².